The van der Waals surface area contributed by atoms with Crippen molar-refractivity contribution in [3.63, 3.8) is 0 Å². The Labute approximate surface area is 97.3 Å². The van der Waals surface area contributed by atoms with E-state index in [9.17, 15) is 9.59 Å². The molecule has 1 aromatic rings. The van der Waals surface area contributed by atoms with Crippen LogP contribution in [0, 0.1) is 12.8 Å². The van der Waals surface area contributed by atoms with Crippen molar-refractivity contribution in [2.45, 2.75) is 6.92 Å². The van der Waals surface area contributed by atoms with E-state index in [1.807, 2.05) is 0 Å². The molecule has 0 spiro atoms. The van der Waals surface area contributed by atoms with Crippen molar-refractivity contribution >= 4 is 23.6 Å². The van der Waals surface area contributed by atoms with Crippen LogP contribution in [0.25, 0.3) is 5.57 Å². The summed E-state index contributed by atoms with van der Waals surface area (Å²) in [5.74, 6) is -1.67. The lowest BCUT2D eigenvalue weighted by Gasteiger charge is -2.11. The van der Waals surface area contributed by atoms with Gasteiger partial charge in [0.2, 0.25) is 5.91 Å². The lowest BCUT2D eigenvalue weighted by molar-refractivity contribution is -0.129. The summed E-state index contributed by atoms with van der Waals surface area (Å²) in [4.78, 5) is 34.1. The summed E-state index contributed by atoms with van der Waals surface area (Å²) in [6.07, 6.45) is 4.45. The predicted molar refractivity (Wildman–Crippen MR) is 60.9 cm³/mol. The van der Waals surface area contributed by atoms with Crippen molar-refractivity contribution in [3.8, 4) is 0 Å². The largest absolute Gasteiger partial charge is 0.369 e. The second kappa shape index (κ2) is 4.25. The Morgan fingerprint density at radius 1 is 1.47 bits per heavy atom. The van der Waals surface area contributed by atoms with Crippen molar-refractivity contribution in [2.75, 3.05) is 0 Å². The highest BCUT2D eigenvalue weighted by atomic mass is 16.2. The minimum absolute atomic E-state index is 0.549. The number of allylic oxidation sites excluding steroid dienone is 1. The van der Waals surface area contributed by atoms with E-state index in [0.717, 1.165) is 0 Å². The van der Waals surface area contributed by atoms with E-state index < -0.39 is 17.7 Å². The van der Waals surface area contributed by atoms with Gasteiger partial charge in [-0.15, -0.1) is 0 Å². The SMILES string of the molecule is Cc1nccc(C2=CC(C(N)=O)C(=O)N=C2)n1. The van der Waals surface area contributed by atoms with Gasteiger partial charge in [-0.25, -0.2) is 15.0 Å². The topological polar surface area (TPSA) is 98.3 Å². The van der Waals surface area contributed by atoms with Gasteiger partial charge in [-0.05, 0) is 13.0 Å². The number of carbonyl (C=O) groups excluding carboxylic acids is 2. The number of aliphatic imine (C=N–C) groups is 1. The van der Waals surface area contributed by atoms with Crippen LogP contribution < -0.4 is 5.73 Å². The number of rotatable bonds is 2. The Morgan fingerprint density at radius 2 is 2.24 bits per heavy atom. The molecule has 1 aromatic heterocycles. The average molecular weight is 230 g/mol. The summed E-state index contributed by atoms with van der Waals surface area (Å²) in [7, 11) is 0. The minimum atomic E-state index is -1.01. The molecule has 2 amide bonds. The quantitative estimate of drug-likeness (QED) is 0.716. The molecule has 6 heteroatoms. The van der Waals surface area contributed by atoms with Gasteiger partial charge in [0, 0.05) is 18.0 Å². The standard InChI is InChI=1S/C11H10N4O2/c1-6-13-3-2-9(15-6)7-4-8(10(12)16)11(17)14-5-7/h2-5,8H,1H3,(H2,12,16). The summed E-state index contributed by atoms with van der Waals surface area (Å²) in [6, 6.07) is 1.68. The first-order chi connectivity index (χ1) is 8.08. The number of carbonyl (C=O) groups is 2. The minimum Gasteiger partial charge on any atom is -0.369 e. The van der Waals surface area contributed by atoms with Crippen LogP contribution >= 0.6 is 0 Å². The number of primary amides is 1. The van der Waals surface area contributed by atoms with E-state index >= 15 is 0 Å². The smallest absolute Gasteiger partial charge is 0.262 e. The number of dihydropyridines is 1. The Morgan fingerprint density at radius 3 is 2.88 bits per heavy atom. The summed E-state index contributed by atoms with van der Waals surface area (Å²) in [5.41, 5.74) is 6.32. The van der Waals surface area contributed by atoms with E-state index in [-0.39, 0.29) is 0 Å². The average Bonchev–Trinajstić information content (AvgIpc) is 2.29. The molecule has 0 saturated heterocycles. The summed E-state index contributed by atoms with van der Waals surface area (Å²) in [6.45, 7) is 1.75. The van der Waals surface area contributed by atoms with Crippen molar-refractivity contribution in [3.05, 3.63) is 29.9 Å². The van der Waals surface area contributed by atoms with Crippen molar-refractivity contribution in [1.82, 2.24) is 9.97 Å². The first kappa shape index (κ1) is 11.1. The fraction of sp³-hybridized carbons (Fsp3) is 0.182. The van der Waals surface area contributed by atoms with Gasteiger partial charge in [-0.2, -0.15) is 0 Å². The number of aryl methyl sites for hydroxylation is 1. The molecule has 1 aliphatic heterocycles. The fourth-order valence-corrected chi connectivity index (χ4v) is 1.48. The Bertz CT molecular complexity index is 548. The van der Waals surface area contributed by atoms with Crippen molar-refractivity contribution in [2.24, 2.45) is 16.6 Å². The van der Waals surface area contributed by atoms with Crippen molar-refractivity contribution < 1.29 is 9.59 Å². The van der Waals surface area contributed by atoms with Crippen molar-refractivity contribution in [1.29, 1.82) is 0 Å². The molecule has 0 bridgehead atoms. The van der Waals surface area contributed by atoms with Crippen LogP contribution in [0.2, 0.25) is 0 Å². The molecule has 1 atom stereocenters. The third-order valence-corrected chi connectivity index (χ3v) is 2.32. The zero-order valence-electron chi connectivity index (χ0n) is 9.12. The molecule has 2 rings (SSSR count). The lowest BCUT2D eigenvalue weighted by atomic mass is 10.00. The van der Waals surface area contributed by atoms with Crippen LogP contribution in [-0.4, -0.2) is 28.0 Å². The number of nitrogens with two attached hydrogens (primary N) is 1. The van der Waals surface area contributed by atoms with Gasteiger partial charge in [0.25, 0.3) is 5.91 Å². The molecule has 0 saturated carbocycles. The molecular formula is C11H10N4O2. The van der Waals surface area contributed by atoms with Crippen LogP contribution in [0.4, 0.5) is 0 Å². The number of amides is 2. The highest BCUT2D eigenvalue weighted by Gasteiger charge is 2.25. The molecular weight excluding hydrogens is 220 g/mol. The van der Waals surface area contributed by atoms with Crippen LogP contribution in [0.15, 0.2) is 23.3 Å². The highest BCUT2D eigenvalue weighted by molar-refractivity contribution is 6.19. The van der Waals surface area contributed by atoms with Crippen LogP contribution in [-0.2, 0) is 9.59 Å². The number of hydrogen-bond donors (Lipinski definition) is 1. The third-order valence-electron chi connectivity index (χ3n) is 2.32. The molecule has 0 aromatic carbocycles. The Balaban J connectivity index is 2.40. The van der Waals surface area contributed by atoms with Gasteiger partial charge in [-0.1, -0.05) is 6.08 Å². The second-order valence-corrected chi connectivity index (χ2v) is 3.59. The number of hydrogen-bond acceptors (Lipinski definition) is 4. The van der Waals surface area contributed by atoms with Crippen LogP contribution in [0.3, 0.4) is 0 Å². The number of aromatic nitrogens is 2. The van der Waals surface area contributed by atoms with Gasteiger partial charge in [0.1, 0.15) is 11.7 Å². The summed E-state index contributed by atoms with van der Waals surface area (Å²) >= 11 is 0. The molecule has 1 aliphatic rings. The molecule has 2 heterocycles. The summed E-state index contributed by atoms with van der Waals surface area (Å²) in [5, 5.41) is 0. The van der Waals surface area contributed by atoms with Gasteiger partial charge in [0.15, 0.2) is 0 Å². The highest BCUT2D eigenvalue weighted by Crippen LogP contribution is 2.17. The van der Waals surface area contributed by atoms with Crippen LogP contribution in [0.5, 0.6) is 0 Å². The zero-order valence-corrected chi connectivity index (χ0v) is 9.12. The monoisotopic (exact) mass is 230 g/mol. The maximum absolute atomic E-state index is 11.3. The summed E-state index contributed by atoms with van der Waals surface area (Å²) < 4.78 is 0. The first-order valence-corrected chi connectivity index (χ1v) is 4.97. The normalized spacial score (nSPS) is 19.0. The predicted octanol–water partition coefficient (Wildman–Crippen LogP) is -0.119. The Hall–Kier alpha value is -2.37. The molecule has 17 heavy (non-hydrogen) atoms. The molecule has 0 aliphatic carbocycles. The van der Waals surface area contributed by atoms with Gasteiger partial charge in [0.05, 0.1) is 5.69 Å². The lowest BCUT2D eigenvalue weighted by Crippen LogP contribution is -2.29. The van der Waals surface area contributed by atoms with E-state index in [0.29, 0.717) is 17.1 Å². The van der Waals surface area contributed by atoms with Crippen LogP contribution in [0.1, 0.15) is 11.5 Å². The molecule has 2 N–H and O–H groups in total. The third kappa shape index (κ3) is 2.25. The van der Waals surface area contributed by atoms with Gasteiger partial charge >= 0.3 is 0 Å². The zero-order chi connectivity index (χ0) is 12.4. The second-order valence-electron chi connectivity index (χ2n) is 3.59. The molecule has 0 fully saturated rings. The maximum Gasteiger partial charge on any atom is 0.262 e. The molecule has 1 unspecified atom stereocenters. The van der Waals surface area contributed by atoms with Gasteiger partial charge < -0.3 is 5.73 Å². The maximum atomic E-state index is 11.3. The Kier molecular flexibility index (Phi) is 2.78. The van der Waals surface area contributed by atoms with E-state index in [4.69, 9.17) is 5.73 Å². The van der Waals surface area contributed by atoms with E-state index in [1.54, 1.807) is 19.2 Å². The van der Waals surface area contributed by atoms with E-state index in [2.05, 4.69) is 15.0 Å². The molecule has 0 radical (unpaired) electrons. The molecule has 6 nitrogen and oxygen atoms in total. The first-order valence-electron chi connectivity index (χ1n) is 4.97. The number of nitrogens with zero attached hydrogens (tertiary/aromatic N) is 3. The van der Waals surface area contributed by atoms with Gasteiger partial charge in [-0.3, -0.25) is 9.59 Å². The van der Waals surface area contributed by atoms with E-state index in [1.165, 1.54) is 12.3 Å². The fourth-order valence-electron chi connectivity index (χ4n) is 1.48. The molecule has 86 valence electrons.